The van der Waals surface area contributed by atoms with Gasteiger partial charge < -0.3 is 11.1 Å². The van der Waals surface area contributed by atoms with Crippen molar-refractivity contribution in [3.8, 4) is 0 Å². The van der Waals surface area contributed by atoms with Crippen LogP contribution in [0.4, 0.5) is 0 Å². The van der Waals surface area contributed by atoms with Gasteiger partial charge in [0.05, 0.1) is 0 Å². The van der Waals surface area contributed by atoms with Crippen LogP contribution in [-0.4, -0.2) is 29.5 Å². The molecule has 1 amide bonds. The van der Waals surface area contributed by atoms with Crippen molar-refractivity contribution in [2.75, 3.05) is 18.1 Å². The predicted molar refractivity (Wildman–Crippen MR) is 63.5 cm³/mol. The largest absolute Gasteiger partial charge is 0.368 e. The summed E-state index contributed by atoms with van der Waals surface area (Å²) in [7, 11) is 0. The van der Waals surface area contributed by atoms with Crippen LogP contribution < -0.4 is 11.1 Å². The summed E-state index contributed by atoms with van der Waals surface area (Å²) >= 11 is 1.79. The molecule has 0 fully saturated rings. The number of unbranched alkanes of at least 4 members (excludes halogenated alkanes) is 1. The van der Waals surface area contributed by atoms with Crippen molar-refractivity contribution in [3.05, 3.63) is 0 Å². The fourth-order valence-electron chi connectivity index (χ4n) is 1.12. The molecule has 1 atom stereocenters. The van der Waals surface area contributed by atoms with Crippen molar-refractivity contribution < 1.29 is 4.79 Å². The quantitative estimate of drug-likeness (QED) is 0.605. The molecule has 0 aliphatic rings. The van der Waals surface area contributed by atoms with Gasteiger partial charge in [0.15, 0.2) is 0 Å². The number of hydrogen-bond donors (Lipinski definition) is 2. The maximum absolute atomic E-state index is 11.2. The van der Waals surface area contributed by atoms with Gasteiger partial charge in [0, 0.05) is 5.75 Å². The van der Waals surface area contributed by atoms with Crippen LogP contribution in [0.1, 0.15) is 33.6 Å². The monoisotopic (exact) mass is 218 g/mol. The van der Waals surface area contributed by atoms with E-state index < -0.39 is 5.54 Å². The van der Waals surface area contributed by atoms with Crippen molar-refractivity contribution >= 4 is 17.7 Å². The molecule has 14 heavy (non-hydrogen) atoms. The number of carbonyl (C=O) groups is 1. The first kappa shape index (κ1) is 13.8. The molecule has 0 aliphatic heterocycles. The van der Waals surface area contributed by atoms with Crippen LogP contribution in [0.2, 0.25) is 0 Å². The molecule has 0 bridgehead atoms. The van der Waals surface area contributed by atoms with E-state index in [-0.39, 0.29) is 5.91 Å². The summed E-state index contributed by atoms with van der Waals surface area (Å²) in [4.78, 5) is 11.2. The van der Waals surface area contributed by atoms with E-state index in [1.54, 1.807) is 11.8 Å². The molecule has 0 aliphatic carbocycles. The minimum absolute atomic E-state index is 0.261. The third kappa shape index (κ3) is 4.86. The van der Waals surface area contributed by atoms with Crippen LogP contribution in [0.5, 0.6) is 0 Å². The Labute approximate surface area is 91.2 Å². The smallest absolute Gasteiger partial charge is 0.238 e. The molecule has 0 heterocycles. The Hall–Kier alpha value is -0.220. The average molecular weight is 218 g/mol. The van der Waals surface area contributed by atoms with E-state index in [0.717, 1.165) is 18.1 Å². The number of rotatable bonds is 8. The average Bonchev–Trinajstić information content (AvgIpc) is 2.13. The molecular weight excluding hydrogens is 196 g/mol. The van der Waals surface area contributed by atoms with E-state index in [4.69, 9.17) is 5.73 Å². The van der Waals surface area contributed by atoms with Crippen LogP contribution in [-0.2, 0) is 4.79 Å². The predicted octanol–water partition coefficient (Wildman–Crippen LogP) is 1.37. The Balaban J connectivity index is 3.90. The highest BCUT2D eigenvalue weighted by Gasteiger charge is 2.29. The molecule has 0 saturated heterocycles. The van der Waals surface area contributed by atoms with Crippen molar-refractivity contribution in [2.24, 2.45) is 5.73 Å². The number of nitrogens with two attached hydrogens (primary N) is 1. The molecule has 3 nitrogen and oxygen atoms in total. The Morgan fingerprint density at radius 1 is 1.50 bits per heavy atom. The first-order valence-electron chi connectivity index (χ1n) is 5.19. The number of amides is 1. The third-order valence-corrected chi connectivity index (χ3v) is 3.50. The van der Waals surface area contributed by atoms with E-state index >= 15 is 0 Å². The molecule has 1 unspecified atom stereocenters. The highest BCUT2D eigenvalue weighted by molar-refractivity contribution is 7.99. The van der Waals surface area contributed by atoms with Crippen molar-refractivity contribution in [1.82, 2.24) is 5.32 Å². The van der Waals surface area contributed by atoms with Gasteiger partial charge in [-0.1, -0.05) is 20.3 Å². The number of primary amides is 1. The van der Waals surface area contributed by atoms with Gasteiger partial charge in [-0.2, -0.15) is 11.8 Å². The summed E-state index contributed by atoms with van der Waals surface area (Å²) in [6.45, 7) is 6.79. The van der Waals surface area contributed by atoms with Crippen LogP contribution in [0, 0.1) is 0 Å². The minimum atomic E-state index is -0.548. The number of thioether (sulfide) groups is 1. The van der Waals surface area contributed by atoms with Crippen LogP contribution in [0.3, 0.4) is 0 Å². The second-order valence-electron chi connectivity index (χ2n) is 3.63. The molecular formula is C10H22N2OS. The zero-order chi connectivity index (χ0) is 11.0. The lowest BCUT2D eigenvalue weighted by Gasteiger charge is -2.26. The Morgan fingerprint density at radius 2 is 2.14 bits per heavy atom. The van der Waals surface area contributed by atoms with Gasteiger partial charge in [0.25, 0.3) is 0 Å². The maximum atomic E-state index is 11.2. The van der Waals surface area contributed by atoms with E-state index in [9.17, 15) is 4.79 Å². The Morgan fingerprint density at radius 3 is 2.57 bits per heavy atom. The van der Waals surface area contributed by atoms with Gasteiger partial charge in [-0.15, -0.1) is 0 Å². The topological polar surface area (TPSA) is 55.1 Å². The van der Waals surface area contributed by atoms with E-state index in [0.29, 0.717) is 0 Å². The second kappa shape index (κ2) is 7.12. The first-order valence-corrected chi connectivity index (χ1v) is 6.35. The van der Waals surface area contributed by atoms with E-state index in [2.05, 4.69) is 12.2 Å². The number of carbonyl (C=O) groups excluding carboxylic acids is 1. The Kier molecular flexibility index (Phi) is 7.01. The van der Waals surface area contributed by atoms with Crippen molar-refractivity contribution in [1.29, 1.82) is 0 Å². The van der Waals surface area contributed by atoms with E-state index in [1.165, 1.54) is 12.8 Å². The lowest BCUT2D eigenvalue weighted by Crippen LogP contribution is -2.55. The summed E-state index contributed by atoms with van der Waals surface area (Å²) < 4.78 is 0. The fraction of sp³-hybridized carbons (Fsp3) is 0.900. The van der Waals surface area contributed by atoms with Crippen molar-refractivity contribution in [3.63, 3.8) is 0 Å². The first-order chi connectivity index (χ1) is 6.56. The molecule has 4 heteroatoms. The van der Waals surface area contributed by atoms with Gasteiger partial charge in [-0.3, -0.25) is 4.79 Å². The van der Waals surface area contributed by atoms with Crippen LogP contribution in [0.15, 0.2) is 0 Å². The van der Waals surface area contributed by atoms with Gasteiger partial charge in [-0.25, -0.2) is 0 Å². The molecule has 0 radical (unpaired) electrons. The van der Waals surface area contributed by atoms with Gasteiger partial charge in [-0.05, 0) is 25.6 Å². The molecule has 0 rings (SSSR count). The number of nitrogens with one attached hydrogen (secondary N) is 1. The second-order valence-corrected chi connectivity index (χ2v) is 4.74. The molecule has 0 saturated carbocycles. The van der Waals surface area contributed by atoms with Gasteiger partial charge >= 0.3 is 0 Å². The molecule has 3 N–H and O–H groups in total. The van der Waals surface area contributed by atoms with Gasteiger partial charge in [0.1, 0.15) is 5.54 Å². The summed E-state index contributed by atoms with van der Waals surface area (Å²) in [6, 6.07) is 0. The number of hydrogen-bond acceptors (Lipinski definition) is 3. The lowest BCUT2D eigenvalue weighted by molar-refractivity contribution is -0.122. The maximum Gasteiger partial charge on any atom is 0.238 e. The molecule has 0 spiro atoms. The van der Waals surface area contributed by atoms with Crippen molar-refractivity contribution in [2.45, 2.75) is 39.2 Å². The minimum Gasteiger partial charge on any atom is -0.368 e. The van der Waals surface area contributed by atoms with Crippen LogP contribution in [0.25, 0.3) is 0 Å². The van der Waals surface area contributed by atoms with E-state index in [1.807, 2.05) is 13.8 Å². The highest BCUT2D eigenvalue weighted by atomic mass is 32.2. The zero-order valence-electron chi connectivity index (χ0n) is 9.43. The lowest BCUT2D eigenvalue weighted by atomic mass is 10.1. The third-order valence-electron chi connectivity index (χ3n) is 2.14. The molecule has 0 aromatic heterocycles. The standard InChI is InChI=1S/C10H22N2OS/c1-4-6-7-14-8-10(3,9(11)13)12-5-2/h12H,4-8H2,1-3H3,(H2,11,13). The Bertz CT molecular complexity index is 176. The summed E-state index contributed by atoms with van der Waals surface area (Å²) in [5.41, 5.74) is 4.81. The fourth-order valence-corrected chi connectivity index (χ4v) is 2.41. The molecule has 0 aromatic rings. The zero-order valence-corrected chi connectivity index (χ0v) is 10.2. The summed E-state index contributed by atoms with van der Waals surface area (Å²) in [6.07, 6.45) is 2.40. The number of likely N-dealkylation sites (N-methyl/N-ethyl adjacent to an activating group) is 1. The normalized spacial score (nSPS) is 15.1. The summed E-state index contributed by atoms with van der Waals surface area (Å²) in [5, 5.41) is 3.14. The summed E-state index contributed by atoms with van der Waals surface area (Å²) in [5.74, 6) is 1.60. The molecule has 84 valence electrons. The van der Waals surface area contributed by atoms with Gasteiger partial charge in [0.2, 0.25) is 5.91 Å². The SMILES string of the molecule is CCCCSCC(C)(NCC)C(N)=O. The van der Waals surface area contributed by atoms with Crippen LogP contribution >= 0.6 is 11.8 Å². The molecule has 0 aromatic carbocycles. The highest BCUT2D eigenvalue weighted by Crippen LogP contribution is 2.14.